The molecular formula is C20H22N2O3S2. The smallest absolute Gasteiger partial charge is 0.263 e. The van der Waals surface area contributed by atoms with E-state index in [0.29, 0.717) is 23.0 Å². The van der Waals surface area contributed by atoms with Gasteiger partial charge in [0.2, 0.25) is 0 Å². The van der Waals surface area contributed by atoms with E-state index in [1.807, 2.05) is 32.9 Å². The Morgan fingerprint density at radius 2 is 2.07 bits per heavy atom. The zero-order valence-corrected chi connectivity index (χ0v) is 17.7. The second-order valence-electron chi connectivity index (χ2n) is 6.28. The summed E-state index contributed by atoms with van der Waals surface area (Å²) in [4.78, 5) is 31.3. The molecule has 2 aromatic heterocycles. The number of ether oxygens (including phenoxy) is 1. The van der Waals surface area contributed by atoms with Crippen molar-refractivity contribution in [2.45, 2.75) is 45.1 Å². The molecule has 0 bridgehead atoms. The van der Waals surface area contributed by atoms with Gasteiger partial charge in [-0.3, -0.25) is 14.2 Å². The van der Waals surface area contributed by atoms with Crippen LogP contribution < -0.4 is 10.3 Å². The molecule has 0 fully saturated rings. The number of hydrogen-bond acceptors (Lipinski definition) is 6. The highest BCUT2D eigenvalue weighted by atomic mass is 32.2. The Balaban J connectivity index is 2.01. The van der Waals surface area contributed by atoms with Crippen LogP contribution in [0.15, 0.2) is 28.2 Å². The molecule has 0 aliphatic carbocycles. The third-order valence-corrected chi connectivity index (χ3v) is 6.74. The number of hydrogen-bond donors (Lipinski definition) is 0. The lowest BCUT2D eigenvalue weighted by Gasteiger charge is -2.12. The van der Waals surface area contributed by atoms with Crippen LogP contribution in [0.2, 0.25) is 0 Å². The molecule has 0 N–H and O–H groups in total. The molecule has 0 saturated carbocycles. The van der Waals surface area contributed by atoms with Gasteiger partial charge in [0.15, 0.2) is 10.9 Å². The maximum atomic E-state index is 12.9. The number of methoxy groups -OCH3 is 1. The van der Waals surface area contributed by atoms with Gasteiger partial charge in [-0.05, 0) is 51.5 Å². The van der Waals surface area contributed by atoms with Crippen LogP contribution >= 0.6 is 23.1 Å². The van der Waals surface area contributed by atoms with Gasteiger partial charge in [0.1, 0.15) is 10.6 Å². The van der Waals surface area contributed by atoms with Crippen molar-refractivity contribution in [3.05, 3.63) is 50.1 Å². The van der Waals surface area contributed by atoms with E-state index in [1.54, 1.807) is 36.0 Å². The zero-order valence-electron chi connectivity index (χ0n) is 16.1. The summed E-state index contributed by atoms with van der Waals surface area (Å²) in [6, 6.07) is 5.42. The zero-order chi connectivity index (χ0) is 19.7. The van der Waals surface area contributed by atoms with E-state index in [4.69, 9.17) is 9.72 Å². The van der Waals surface area contributed by atoms with Crippen molar-refractivity contribution in [3.8, 4) is 5.75 Å². The maximum Gasteiger partial charge on any atom is 0.263 e. The number of thioether (sulfide) groups is 1. The number of aromatic nitrogens is 2. The summed E-state index contributed by atoms with van der Waals surface area (Å²) in [6.07, 6.45) is 0. The molecule has 142 valence electrons. The van der Waals surface area contributed by atoms with Gasteiger partial charge >= 0.3 is 0 Å². The summed E-state index contributed by atoms with van der Waals surface area (Å²) in [6.45, 7) is 8.04. The van der Waals surface area contributed by atoms with Crippen molar-refractivity contribution in [1.82, 2.24) is 9.55 Å². The standard InChI is InChI=1S/C20H22N2O3S2/c1-6-22-19(24)17-11(2)13(4)27-18(17)21-20(22)26-10-15-9-14(12(3)23)7-8-16(15)25-5/h7-9H,6,10H2,1-5H3. The van der Waals surface area contributed by atoms with E-state index in [9.17, 15) is 9.59 Å². The number of rotatable bonds is 6. The van der Waals surface area contributed by atoms with Gasteiger partial charge in [0.25, 0.3) is 5.56 Å². The Kier molecular flexibility index (Phi) is 5.72. The van der Waals surface area contributed by atoms with Gasteiger partial charge in [0.05, 0.1) is 12.5 Å². The lowest BCUT2D eigenvalue weighted by atomic mass is 10.1. The van der Waals surface area contributed by atoms with Gasteiger partial charge in [-0.15, -0.1) is 11.3 Å². The first-order valence-corrected chi connectivity index (χ1v) is 10.5. The van der Waals surface area contributed by atoms with Crippen molar-refractivity contribution in [1.29, 1.82) is 0 Å². The first-order chi connectivity index (χ1) is 12.9. The highest BCUT2D eigenvalue weighted by molar-refractivity contribution is 7.98. The molecular weight excluding hydrogens is 380 g/mol. The molecule has 3 rings (SSSR count). The van der Waals surface area contributed by atoms with E-state index in [1.165, 1.54) is 11.8 Å². The van der Waals surface area contributed by atoms with Crippen LogP contribution in [0.25, 0.3) is 10.2 Å². The highest BCUT2D eigenvalue weighted by Gasteiger charge is 2.17. The lowest BCUT2D eigenvalue weighted by Crippen LogP contribution is -2.22. The summed E-state index contributed by atoms with van der Waals surface area (Å²) >= 11 is 3.04. The fraction of sp³-hybridized carbons (Fsp3) is 0.350. The number of ketones is 1. The second-order valence-corrected chi connectivity index (χ2v) is 8.42. The Bertz CT molecular complexity index is 1080. The number of Topliss-reactive ketones (excluding diaryl/α,β-unsaturated/α-hetero) is 1. The van der Waals surface area contributed by atoms with Crippen molar-refractivity contribution in [2.24, 2.45) is 0 Å². The first-order valence-electron chi connectivity index (χ1n) is 8.68. The Labute approximate surface area is 166 Å². The molecule has 5 nitrogen and oxygen atoms in total. The second kappa shape index (κ2) is 7.86. The fourth-order valence-electron chi connectivity index (χ4n) is 2.95. The molecule has 0 aliphatic rings. The van der Waals surface area contributed by atoms with Crippen LogP contribution in [0.3, 0.4) is 0 Å². The molecule has 0 saturated heterocycles. The summed E-state index contributed by atoms with van der Waals surface area (Å²) in [5.74, 6) is 1.30. The minimum absolute atomic E-state index is 0.0105. The molecule has 2 heterocycles. The maximum absolute atomic E-state index is 12.9. The molecule has 0 unspecified atom stereocenters. The van der Waals surface area contributed by atoms with Crippen molar-refractivity contribution >= 4 is 39.1 Å². The lowest BCUT2D eigenvalue weighted by molar-refractivity contribution is 0.101. The quantitative estimate of drug-likeness (QED) is 0.343. The summed E-state index contributed by atoms with van der Waals surface area (Å²) in [5.41, 5.74) is 2.58. The van der Waals surface area contributed by atoms with Gasteiger partial charge in [-0.2, -0.15) is 0 Å². The van der Waals surface area contributed by atoms with Gasteiger partial charge in [-0.1, -0.05) is 11.8 Å². The number of benzene rings is 1. The molecule has 0 spiro atoms. The third kappa shape index (κ3) is 3.66. The van der Waals surface area contributed by atoms with E-state index in [0.717, 1.165) is 32.0 Å². The predicted octanol–water partition coefficient (Wildman–Crippen LogP) is 4.60. The van der Waals surface area contributed by atoms with Crippen LogP contribution in [0.1, 0.15) is 40.2 Å². The van der Waals surface area contributed by atoms with E-state index in [-0.39, 0.29) is 11.3 Å². The molecule has 1 aromatic carbocycles. The largest absolute Gasteiger partial charge is 0.496 e. The van der Waals surface area contributed by atoms with Crippen LogP contribution in [-0.2, 0) is 12.3 Å². The Hall–Kier alpha value is -2.12. The van der Waals surface area contributed by atoms with Crippen molar-refractivity contribution < 1.29 is 9.53 Å². The third-order valence-electron chi connectivity index (χ3n) is 4.61. The minimum Gasteiger partial charge on any atom is -0.496 e. The Morgan fingerprint density at radius 3 is 2.70 bits per heavy atom. The number of aryl methyl sites for hydroxylation is 2. The number of nitrogens with zero attached hydrogens (tertiary/aromatic N) is 2. The normalized spacial score (nSPS) is 11.1. The van der Waals surface area contributed by atoms with Crippen molar-refractivity contribution in [2.75, 3.05) is 7.11 Å². The van der Waals surface area contributed by atoms with Crippen LogP contribution in [0.5, 0.6) is 5.75 Å². The van der Waals surface area contributed by atoms with E-state index < -0.39 is 0 Å². The fourth-order valence-corrected chi connectivity index (χ4v) is 5.06. The van der Waals surface area contributed by atoms with Crippen LogP contribution in [0.4, 0.5) is 0 Å². The molecule has 27 heavy (non-hydrogen) atoms. The number of carbonyl (C=O) groups is 1. The average molecular weight is 403 g/mol. The summed E-state index contributed by atoms with van der Waals surface area (Å²) in [5, 5.41) is 1.41. The first kappa shape index (κ1) is 19.6. The predicted molar refractivity (Wildman–Crippen MR) is 112 cm³/mol. The highest BCUT2D eigenvalue weighted by Crippen LogP contribution is 2.31. The molecule has 0 aliphatic heterocycles. The van der Waals surface area contributed by atoms with Crippen LogP contribution in [0, 0.1) is 13.8 Å². The van der Waals surface area contributed by atoms with Gasteiger partial charge in [0, 0.05) is 28.3 Å². The molecule has 3 aromatic rings. The van der Waals surface area contributed by atoms with E-state index >= 15 is 0 Å². The average Bonchev–Trinajstić information content (AvgIpc) is 2.93. The number of thiophene rings is 1. The Morgan fingerprint density at radius 1 is 1.33 bits per heavy atom. The molecule has 0 atom stereocenters. The topological polar surface area (TPSA) is 61.2 Å². The van der Waals surface area contributed by atoms with E-state index in [2.05, 4.69) is 0 Å². The number of carbonyl (C=O) groups excluding carboxylic acids is 1. The SMILES string of the molecule is CCn1c(SCc2cc(C(C)=O)ccc2OC)nc2sc(C)c(C)c2c1=O. The van der Waals surface area contributed by atoms with Crippen LogP contribution in [-0.4, -0.2) is 22.4 Å². The summed E-state index contributed by atoms with van der Waals surface area (Å²) in [7, 11) is 1.61. The number of fused-ring (bicyclic) bond motifs is 1. The van der Waals surface area contributed by atoms with Crippen molar-refractivity contribution in [3.63, 3.8) is 0 Å². The van der Waals surface area contributed by atoms with Gasteiger partial charge in [-0.25, -0.2) is 4.98 Å². The molecule has 0 radical (unpaired) electrons. The molecule has 7 heteroatoms. The monoisotopic (exact) mass is 402 g/mol. The van der Waals surface area contributed by atoms with Gasteiger partial charge < -0.3 is 4.74 Å². The molecule has 0 amide bonds. The summed E-state index contributed by atoms with van der Waals surface area (Å²) < 4.78 is 7.14. The minimum atomic E-state index is 0.0105.